The normalized spacial score (nSPS) is 10.6. The summed E-state index contributed by atoms with van der Waals surface area (Å²) in [6.07, 6.45) is 0. The Bertz CT molecular complexity index is 523. The molecule has 0 amide bonds. The van der Waals surface area contributed by atoms with Gasteiger partial charge in [-0.1, -0.05) is 12.1 Å². The molecule has 0 saturated heterocycles. The van der Waals surface area contributed by atoms with Gasteiger partial charge < -0.3 is 15.0 Å². The highest BCUT2D eigenvalue weighted by Gasteiger charge is 2.16. The van der Waals surface area contributed by atoms with E-state index in [0.29, 0.717) is 0 Å². The van der Waals surface area contributed by atoms with Gasteiger partial charge in [-0.25, -0.2) is 0 Å². The maximum absolute atomic E-state index is 6.00. The van der Waals surface area contributed by atoms with Crippen molar-refractivity contribution in [3.63, 3.8) is 0 Å². The van der Waals surface area contributed by atoms with E-state index in [9.17, 15) is 0 Å². The highest BCUT2D eigenvalue weighted by molar-refractivity contribution is 14.1. The standard InChI is InChI=1S/C12H12BrIN2O/c1-16-11(13)9(10(14)12(16)15)7-3-5-8(17-2)6-4-7/h3-6H,15H2,1-2H3. The third-order valence-electron chi connectivity index (χ3n) is 2.69. The molecular weight excluding hydrogens is 395 g/mol. The highest BCUT2D eigenvalue weighted by atomic mass is 127. The van der Waals surface area contributed by atoms with E-state index >= 15 is 0 Å². The van der Waals surface area contributed by atoms with E-state index in [0.717, 1.165) is 30.9 Å². The summed E-state index contributed by atoms with van der Waals surface area (Å²) < 4.78 is 9.13. The number of nitrogen functional groups attached to an aromatic ring is 1. The lowest BCUT2D eigenvalue weighted by Gasteiger charge is -2.03. The van der Waals surface area contributed by atoms with Gasteiger partial charge in [0.1, 0.15) is 11.6 Å². The van der Waals surface area contributed by atoms with Gasteiger partial charge in [0, 0.05) is 12.6 Å². The largest absolute Gasteiger partial charge is 0.497 e. The summed E-state index contributed by atoms with van der Waals surface area (Å²) in [5, 5.41) is 0. The monoisotopic (exact) mass is 406 g/mol. The average Bonchev–Trinajstić information content (AvgIpc) is 2.54. The van der Waals surface area contributed by atoms with Crippen molar-refractivity contribution in [2.24, 2.45) is 7.05 Å². The molecule has 90 valence electrons. The molecule has 0 atom stereocenters. The SMILES string of the molecule is COc1ccc(-c2c(I)c(N)n(C)c2Br)cc1. The van der Waals surface area contributed by atoms with Crippen LogP contribution in [-0.2, 0) is 7.05 Å². The van der Waals surface area contributed by atoms with Gasteiger partial charge in [-0.3, -0.25) is 0 Å². The fourth-order valence-electron chi connectivity index (χ4n) is 1.64. The number of aromatic nitrogens is 1. The van der Waals surface area contributed by atoms with Gasteiger partial charge in [0.15, 0.2) is 0 Å². The van der Waals surface area contributed by atoms with Gasteiger partial charge in [0.2, 0.25) is 0 Å². The first kappa shape index (κ1) is 12.8. The number of halogens is 2. The lowest BCUT2D eigenvalue weighted by Crippen LogP contribution is -1.96. The predicted molar refractivity (Wildman–Crippen MR) is 82.2 cm³/mol. The number of methoxy groups -OCH3 is 1. The summed E-state index contributed by atoms with van der Waals surface area (Å²) in [7, 11) is 3.60. The molecule has 0 aliphatic carbocycles. The number of nitrogens with two attached hydrogens (primary N) is 1. The highest BCUT2D eigenvalue weighted by Crippen LogP contribution is 2.38. The van der Waals surface area contributed by atoms with E-state index in [4.69, 9.17) is 10.5 Å². The Labute approximate surface area is 122 Å². The van der Waals surface area contributed by atoms with Gasteiger partial charge >= 0.3 is 0 Å². The molecule has 5 heteroatoms. The molecule has 0 unspecified atom stereocenters. The molecule has 3 nitrogen and oxygen atoms in total. The fourth-order valence-corrected chi connectivity index (χ4v) is 3.56. The van der Waals surface area contributed by atoms with Crippen LogP contribution in [0.1, 0.15) is 0 Å². The number of nitrogens with zero attached hydrogens (tertiary/aromatic N) is 1. The molecule has 0 radical (unpaired) electrons. The van der Waals surface area contributed by atoms with Gasteiger partial charge in [0.25, 0.3) is 0 Å². The quantitative estimate of drug-likeness (QED) is 0.773. The minimum Gasteiger partial charge on any atom is -0.497 e. The van der Waals surface area contributed by atoms with Crippen LogP contribution < -0.4 is 10.5 Å². The van der Waals surface area contributed by atoms with E-state index in [2.05, 4.69) is 38.5 Å². The van der Waals surface area contributed by atoms with E-state index in [1.807, 2.05) is 35.9 Å². The topological polar surface area (TPSA) is 40.2 Å². The van der Waals surface area contributed by atoms with Crippen molar-refractivity contribution in [1.29, 1.82) is 0 Å². The molecule has 0 aliphatic heterocycles. The van der Waals surface area contributed by atoms with Crippen molar-refractivity contribution < 1.29 is 4.74 Å². The van der Waals surface area contributed by atoms with Crippen LogP contribution in [0.25, 0.3) is 11.1 Å². The number of hydrogen-bond donors (Lipinski definition) is 1. The first-order chi connectivity index (χ1) is 8.06. The molecule has 0 aliphatic rings. The number of ether oxygens (including phenoxy) is 1. The van der Waals surface area contributed by atoms with E-state index < -0.39 is 0 Å². The smallest absolute Gasteiger partial charge is 0.118 e. The molecule has 1 aromatic heterocycles. The predicted octanol–water partition coefficient (Wildman–Crippen LogP) is 3.65. The minimum atomic E-state index is 0.767. The number of hydrogen-bond acceptors (Lipinski definition) is 2. The van der Waals surface area contributed by atoms with Crippen LogP contribution in [0.4, 0.5) is 5.82 Å². The zero-order chi connectivity index (χ0) is 12.6. The molecule has 1 heterocycles. The Morgan fingerprint density at radius 2 is 1.88 bits per heavy atom. The third kappa shape index (κ3) is 2.18. The van der Waals surface area contributed by atoms with Crippen LogP contribution in [0.3, 0.4) is 0 Å². The van der Waals surface area contributed by atoms with Crippen LogP contribution in [-0.4, -0.2) is 11.7 Å². The van der Waals surface area contributed by atoms with Gasteiger partial charge in [-0.05, 0) is 56.2 Å². The molecule has 0 saturated carbocycles. The Morgan fingerprint density at radius 3 is 2.29 bits per heavy atom. The zero-order valence-electron chi connectivity index (χ0n) is 9.50. The second-order valence-corrected chi connectivity index (χ2v) is 5.48. The molecule has 0 fully saturated rings. The molecule has 2 N–H and O–H groups in total. The first-order valence-electron chi connectivity index (χ1n) is 4.99. The summed E-state index contributed by atoms with van der Waals surface area (Å²) in [6, 6.07) is 7.95. The Kier molecular flexibility index (Phi) is 3.67. The summed E-state index contributed by atoms with van der Waals surface area (Å²) >= 11 is 5.84. The summed E-state index contributed by atoms with van der Waals surface area (Å²) in [4.78, 5) is 0. The fraction of sp³-hybridized carbons (Fsp3) is 0.167. The number of benzene rings is 1. The zero-order valence-corrected chi connectivity index (χ0v) is 13.2. The van der Waals surface area contributed by atoms with Crippen LogP contribution in [0.5, 0.6) is 5.75 Å². The Hall–Kier alpha value is -0.690. The molecule has 0 bridgehead atoms. The van der Waals surface area contributed by atoms with Crippen LogP contribution in [0.2, 0.25) is 0 Å². The van der Waals surface area contributed by atoms with Crippen molar-refractivity contribution in [1.82, 2.24) is 4.57 Å². The van der Waals surface area contributed by atoms with Crippen LogP contribution in [0.15, 0.2) is 28.9 Å². The van der Waals surface area contributed by atoms with Gasteiger partial charge in [0.05, 0.1) is 15.3 Å². The maximum Gasteiger partial charge on any atom is 0.118 e. The second kappa shape index (κ2) is 4.89. The van der Waals surface area contributed by atoms with Gasteiger partial charge in [-0.15, -0.1) is 0 Å². The van der Waals surface area contributed by atoms with Crippen molar-refractivity contribution >= 4 is 44.3 Å². The molecule has 17 heavy (non-hydrogen) atoms. The molecule has 0 spiro atoms. The van der Waals surface area contributed by atoms with E-state index in [1.165, 1.54) is 0 Å². The molecular formula is C12H12BrIN2O. The maximum atomic E-state index is 6.00. The van der Waals surface area contributed by atoms with Gasteiger partial charge in [-0.2, -0.15) is 0 Å². The Balaban J connectivity index is 2.56. The lowest BCUT2D eigenvalue weighted by molar-refractivity contribution is 0.415. The van der Waals surface area contributed by atoms with E-state index in [1.54, 1.807) is 7.11 Å². The van der Waals surface area contributed by atoms with Crippen molar-refractivity contribution in [3.8, 4) is 16.9 Å². The summed E-state index contributed by atoms with van der Waals surface area (Å²) in [6.45, 7) is 0. The van der Waals surface area contributed by atoms with Crippen LogP contribution >= 0.6 is 38.5 Å². The van der Waals surface area contributed by atoms with E-state index in [-0.39, 0.29) is 0 Å². The minimum absolute atomic E-state index is 0.767. The number of anilines is 1. The lowest BCUT2D eigenvalue weighted by atomic mass is 10.1. The average molecular weight is 407 g/mol. The third-order valence-corrected chi connectivity index (χ3v) is 4.71. The summed E-state index contributed by atoms with van der Waals surface area (Å²) in [5.41, 5.74) is 8.24. The van der Waals surface area contributed by atoms with Crippen molar-refractivity contribution in [2.45, 2.75) is 0 Å². The first-order valence-corrected chi connectivity index (χ1v) is 6.87. The second-order valence-electron chi connectivity index (χ2n) is 3.65. The molecule has 1 aromatic carbocycles. The Morgan fingerprint density at radius 1 is 1.29 bits per heavy atom. The van der Waals surface area contributed by atoms with Crippen molar-refractivity contribution in [3.05, 3.63) is 32.4 Å². The summed E-state index contributed by atoms with van der Waals surface area (Å²) in [5.74, 6) is 1.62. The van der Waals surface area contributed by atoms with Crippen molar-refractivity contribution in [2.75, 3.05) is 12.8 Å². The van der Waals surface area contributed by atoms with Crippen LogP contribution in [0, 0.1) is 3.57 Å². The molecule has 2 aromatic rings. The number of rotatable bonds is 2. The molecule has 2 rings (SSSR count).